The first-order valence-electron chi connectivity index (χ1n) is 6.02. The lowest BCUT2D eigenvalue weighted by Crippen LogP contribution is -2.03. The first kappa shape index (κ1) is 11.6. The van der Waals surface area contributed by atoms with Gasteiger partial charge in [0.2, 0.25) is 5.89 Å². The lowest BCUT2D eigenvalue weighted by Gasteiger charge is -2.09. The van der Waals surface area contributed by atoms with Gasteiger partial charge in [0.15, 0.2) is 5.82 Å². The van der Waals surface area contributed by atoms with Crippen molar-refractivity contribution in [2.75, 3.05) is 0 Å². The molecule has 3 aromatic rings. The second kappa shape index (κ2) is 4.64. The molecule has 0 aromatic carbocycles. The van der Waals surface area contributed by atoms with Gasteiger partial charge in [-0.3, -0.25) is 0 Å². The Kier molecular flexibility index (Phi) is 2.83. The largest absolute Gasteiger partial charge is 0.443 e. The average Bonchev–Trinajstić information content (AvgIpc) is 3.10. The van der Waals surface area contributed by atoms with E-state index < -0.39 is 0 Å². The first-order valence-corrected chi connectivity index (χ1v) is 6.02. The summed E-state index contributed by atoms with van der Waals surface area (Å²) < 4.78 is 7.23. The van der Waals surface area contributed by atoms with Gasteiger partial charge in [-0.2, -0.15) is 0 Å². The summed E-state index contributed by atoms with van der Waals surface area (Å²) in [6, 6.07) is 5.93. The van der Waals surface area contributed by atoms with Crippen molar-refractivity contribution in [2.24, 2.45) is 0 Å². The molecule has 6 heteroatoms. The summed E-state index contributed by atoms with van der Waals surface area (Å²) in [6.45, 7) is 4.15. The smallest absolute Gasteiger partial charge is 0.245 e. The molecule has 0 fully saturated rings. The summed E-state index contributed by atoms with van der Waals surface area (Å²) >= 11 is 0. The zero-order valence-corrected chi connectivity index (χ0v) is 10.7. The fourth-order valence-corrected chi connectivity index (χ4v) is 1.83. The van der Waals surface area contributed by atoms with Gasteiger partial charge in [0, 0.05) is 6.04 Å². The highest BCUT2D eigenvalue weighted by Gasteiger charge is 2.13. The number of aromatic nitrogens is 5. The number of rotatable bonds is 3. The van der Waals surface area contributed by atoms with Crippen molar-refractivity contribution in [3.63, 3.8) is 0 Å². The maximum Gasteiger partial charge on any atom is 0.245 e. The second-order valence-electron chi connectivity index (χ2n) is 4.40. The minimum Gasteiger partial charge on any atom is -0.443 e. The van der Waals surface area contributed by atoms with Crippen LogP contribution < -0.4 is 0 Å². The lowest BCUT2D eigenvalue weighted by atomic mass is 10.2. The molecule has 3 rings (SSSR count). The van der Waals surface area contributed by atoms with E-state index in [2.05, 4.69) is 34.0 Å². The number of hydrogen-bond acceptors (Lipinski definition) is 5. The molecule has 0 N–H and O–H groups in total. The zero-order chi connectivity index (χ0) is 13.2. The van der Waals surface area contributed by atoms with E-state index >= 15 is 0 Å². The third-order valence-electron chi connectivity index (χ3n) is 2.76. The van der Waals surface area contributed by atoms with E-state index in [1.807, 2.05) is 22.8 Å². The molecule has 6 nitrogen and oxygen atoms in total. The van der Waals surface area contributed by atoms with E-state index in [0.29, 0.717) is 11.6 Å². The summed E-state index contributed by atoms with van der Waals surface area (Å²) in [4.78, 5) is 8.62. The molecule has 3 aromatic heterocycles. The fraction of sp³-hybridized carbons (Fsp3) is 0.231. The lowest BCUT2D eigenvalue weighted by molar-refractivity contribution is 0.572. The predicted octanol–water partition coefficient (Wildman–Crippen LogP) is 2.58. The Morgan fingerprint density at radius 2 is 2.05 bits per heavy atom. The standard InChI is InChI=1S/C13H13N5O/c1-9(2)18-8-15-17-12(18)10-4-3-5-11(16-10)13-14-6-7-19-13/h3-9H,1-2H3. The quantitative estimate of drug-likeness (QED) is 0.719. The molecule has 0 amide bonds. The van der Waals surface area contributed by atoms with E-state index in [-0.39, 0.29) is 6.04 Å². The highest BCUT2D eigenvalue weighted by atomic mass is 16.3. The maximum atomic E-state index is 5.25. The summed E-state index contributed by atoms with van der Waals surface area (Å²) in [5, 5.41) is 8.08. The summed E-state index contributed by atoms with van der Waals surface area (Å²) in [5.74, 6) is 1.24. The van der Waals surface area contributed by atoms with Gasteiger partial charge in [0.25, 0.3) is 0 Å². The fourth-order valence-electron chi connectivity index (χ4n) is 1.83. The van der Waals surface area contributed by atoms with Crippen LogP contribution in [0.2, 0.25) is 0 Å². The van der Waals surface area contributed by atoms with Crippen LogP contribution in [0.25, 0.3) is 23.1 Å². The highest BCUT2D eigenvalue weighted by molar-refractivity contribution is 5.56. The third-order valence-corrected chi connectivity index (χ3v) is 2.76. The van der Waals surface area contributed by atoms with Crippen molar-refractivity contribution < 1.29 is 4.42 Å². The molecule has 3 heterocycles. The van der Waals surface area contributed by atoms with Crippen LogP contribution in [0.15, 0.2) is 41.4 Å². The molecule has 0 atom stereocenters. The van der Waals surface area contributed by atoms with Crippen molar-refractivity contribution in [1.82, 2.24) is 24.7 Å². The Hall–Kier alpha value is -2.50. The molecule has 0 saturated carbocycles. The molecule has 19 heavy (non-hydrogen) atoms. The van der Waals surface area contributed by atoms with Crippen molar-refractivity contribution in [3.05, 3.63) is 37.0 Å². The van der Waals surface area contributed by atoms with Crippen LogP contribution in [0.5, 0.6) is 0 Å². The van der Waals surface area contributed by atoms with E-state index in [0.717, 1.165) is 11.5 Å². The second-order valence-corrected chi connectivity index (χ2v) is 4.40. The van der Waals surface area contributed by atoms with Crippen molar-refractivity contribution in [1.29, 1.82) is 0 Å². The zero-order valence-electron chi connectivity index (χ0n) is 10.7. The molecular weight excluding hydrogens is 242 g/mol. The number of hydrogen-bond donors (Lipinski definition) is 0. The summed E-state index contributed by atoms with van der Waals surface area (Å²) in [7, 11) is 0. The molecule has 0 aliphatic heterocycles. The Morgan fingerprint density at radius 1 is 1.21 bits per heavy atom. The van der Waals surface area contributed by atoms with E-state index in [9.17, 15) is 0 Å². The van der Waals surface area contributed by atoms with Crippen LogP contribution in [0.4, 0.5) is 0 Å². The van der Waals surface area contributed by atoms with Gasteiger partial charge >= 0.3 is 0 Å². The molecule has 0 saturated heterocycles. The van der Waals surface area contributed by atoms with Gasteiger partial charge in [-0.1, -0.05) is 6.07 Å². The molecule has 0 radical (unpaired) electrons. The Morgan fingerprint density at radius 3 is 2.79 bits per heavy atom. The van der Waals surface area contributed by atoms with Gasteiger partial charge in [-0.05, 0) is 26.0 Å². The van der Waals surface area contributed by atoms with Gasteiger partial charge in [-0.15, -0.1) is 10.2 Å². The minimum atomic E-state index is 0.275. The third kappa shape index (κ3) is 2.12. The van der Waals surface area contributed by atoms with Crippen molar-refractivity contribution in [2.45, 2.75) is 19.9 Å². The number of pyridine rings is 1. The van der Waals surface area contributed by atoms with Gasteiger partial charge < -0.3 is 8.98 Å². The highest BCUT2D eigenvalue weighted by Crippen LogP contribution is 2.21. The molecule has 0 aliphatic rings. The van der Waals surface area contributed by atoms with Crippen LogP contribution in [0.3, 0.4) is 0 Å². The predicted molar refractivity (Wildman–Crippen MR) is 69.1 cm³/mol. The van der Waals surface area contributed by atoms with E-state index in [4.69, 9.17) is 4.42 Å². The van der Waals surface area contributed by atoms with Crippen LogP contribution in [0, 0.1) is 0 Å². The molecule has 0 aliphatic carbocycles. The molecule has 96 valence electrons. The van der Waals surface area contributed by atoms with Crippen LogP contribution in [0.1, 0.15) is 19.9 Å². The molecule has 0 unspecified atom stereocenters. The van der Waals surface area contributed by atoms with E-state index in [1.54, 1.807) is 12.5 Å². The normalized spacial score (nSPS) is 11.1. The van der Waals surface area contributed by atoms with E-state index in [1.165, 1.54) is 6.26 Å². The first-order chi connectivity index (χ1) is 9.25. The van der Waals surface area contributed by atoms with Crippen molar-refractivity contribution >= 4 is 0 Å². The van der Waals surface area contributed by atoms with Crippen molar-refractivity contribution in [3.8, 4) is 23.1 Å². The topological polar surface area (TPSA) is 69.6 Å². The van der Waals surface area contributed by atoms with Crippen LogP contribution in [-0.4, -0.2) is 24.7 Å². The molecule has 0 bridgehead atoms. The van der Waals surface area contributed by atoms with Gasteiger partial charge in [0.1, 0.15) is 24.0 Å². The summed E-state index contributed by atoms with van der Waals surface area (Å²) in [5.41, 5.74) is 1.43. The SMILES string of the molecule is CC(C)n1cnnc1-c1cccc(-c2ncco2)n1. The Balaban J connectivity index is 2.06. The molecule has 0 spiro atoms. The average molecular weight is 255 g/mol. The number of nitrogens with zero attached hydrogens (tertiary/aromatic N) is 5. The van der Waals surface area contributed by atoms with Crippen LogP contribution >= 0.6 is 0 Å². The number of oxazole rings is 1. The molecular formula is C13H13N5O. The van der Waals surface area contributed by atoms with Gasteiger partial charge in [0.05, 0.1) is 6.20 Å². The minimum absolute atomic E-state index is 0.275. The monoisotopic (exact) mass is 255 g/mol. The Labute approximate surface area is 110 Å². The maximum absolute atomic E-state index is 5.25. The Bertz CT molecular complexity index is 672. The van der Waals surface area contributed by atoms with Gasteiger partial charge in [-0.25, -0.2) is 9.97 Å². The van der Waals surface area contributed by atoms with Crippen LogP contribution in [-0.2, 0) is 0 Å². The summed E-state index contributed by atoms with van der Waals surface area (Å²) in [6.07, 6.45) is 4.83.